The Morgan fingerprint density at radius 2 is 1.85 bits per heavy atom. The van der Waals surface area contributed by atoms with E-state index in [4.69, 9.17) is 0 Å². The second-order valence-electron chi connectivity index (χ2n) is 10.4. The van der Waals surface area contributed by atoms with Gasteiger partial charge >= 0.3 is 0 Å². The molecule has 3 aromatic carbocycles. The minimum absolute atomic E-state index is 0.0627. The summed E-state index contributed by atoms with van der Waals surface area (Å²) in [4.78, 5) is 19.8. The van der Waals surface area contributed by atoms with Gasteiger partial charge in [0.1, 0.15) is 17.5 Å². The van der Waals surface area contributed by atoms with Crippen molar-refractivity contribution in [3.63, 3.8) is 0 Å². The Bertz CT molecular complexity index is 1700. The fraction of sp³-hybridized carbons (Fsp3) is 0.267. The molecule has 0 saturated heterocycles. The topological polar surface area (TPSA) is 84.3 Å². The molecular weight excluding hydrogens is 534 g/mol. The number of nitrogens with one attached hydrogen (secondary N) is 1. The first-order chi connectivity index (χ1) is 19.2. The molecule has 1 amide bonds. The fourth-order valence-corrected chi connectivity index (χ4v) is 6.81. The van der Waals surface area contributed by atoms with E-state index >= 15 is 0 Å². The number of rotatable bonds is 8. The quantitative estimate of drug-likeness (QED) is 0.328. The van der Waals surface area contributed by atoms with Gasteiger partial charge in [-0.2, -0.15) is 0 Å². The van der Waals surface area contributed by atoms with Gasteiger partial charge in [-0.25, -0.2) is 26.9 Å². The van der Waals surface area contributed by atoms with E-state index in [1.165, 1.54) is 30.3 Å². The van der Waals surface area contributed by atoms with E-state index in [0.717, 1.165) is 22.8 Å². The smallest absolute Gasteiger partial charge is 0.241 e. The summed E-state index contributed by atoms with van der Waals surface area (Å²) in [5.74, 6) is -0.708. The Balaban J connectivity index is 1.30. The number of fused-ring (bicyclic) bond motifs is 1. The molecule has 0 radical (unpaired) electrons. The Labute approximate surface area is 231 Å². The zero-order valence-electron chi connectivity index (χ0n) is 21.8. The Morgan fingerprint density at radius 3 is 2.58 bits per heavy atom. The van der Waals surface area contributed by atoms with E-state index in [1.54, 1.807) is 17.2 Å². The van der Waals surface area contributed by atoms with Crippen molar-refractivity contribution < 1.29 is 22.0 Å². The van der Waals surface area contributed by atoms with Gasteiger partial charge < -0.3 is 9.47 Å². The number of benzene rings is 3. The highest BCUT2D eigenvalue weighted by Gasteiger charge is 2.46. The molecule has 1 heterocycles. The minimum atomic E-state index is -3.96. The van der Waals surface area contributed by atoms with E-state index in [2.05, 4.69) is 9.71 Å². The third kappa shape index (κ3) is 5.16. The highest BCUT2D eigenvalue weighted by molar-refractivity contribution is 7.89. The molecular formula is C30H28F2N4O3S. The van der Waals surface area contributed by atoms with Crippen molar-refractivity contribution in [2.24, 2.45) is 13.0 Å². The molecule has 206 valence electrons. The number of sulfonamides is 1. The molecule has 40 heavy (non-hydrogen) atoms. The summed E-state index contributed by atoms with van der Waals surface area (Å²) < 4.78 is 58.2. The third-order valence-electron chi connectivity index (χ3n) is 7.79. The van der Waals surface area contributed by atoms with Gasteiger partial charge in [-0.15, -0.1) is 0 Å². The van der Waals surface area contributed by atoms with E-state index in [0.29, 0.717) is 30.8 Å². The molecule has 0 bridgehead atoms. The maximum Gasteiger partial charge on any atom is 0.241 e. The molecule has 0 spiro atoms. The summed E-state index contributed by atoms with van der Waals surface area (Å²) in [6.07, 6.45) is 5.32. The summed E-state index contributed by atoms with van der Waals surface area (Å²) in [6.45, 7) is 0.229. The fourth-order valence-electron chi connectivity index (χ4n) is 5.53. The van der Waals surface area contributed by atoms with Crippen LogP contribution in [0.15, 0.2) is 84.0 Å². The van der Waals surface area contributed by atoms with Crippen molar-refractivity contribution in [2.75, 3.05) is 4.90 Å². The van der Waals surface area contributed by atoms with E-state index in [9.17, 15) is 22.0 Å². The van der Waals surface area contributed by atoms with Gasteiger partial charge in [-0.05, 0) is 84.3 Å². The SMILES string of the molecule is Cn1ccnc1CN(C(=O)[C@H]1C[C@@H]1c1cccc(F)c1)c1ccc2c(c1)[C@@H](NS(=O)(=O)c1cccc(F)c1)CC2. The number of aromatic nitrogens is 2. The molecule has 1 saturated carbocycles. The van der Waals surface area contributed by atoms with Crippen molar-refractivity contribution in [3.8, 4) is 0 Å². The summed E-state index contributed by atoms with van der Waals surface area (Å²) in [5, 5.41) is 0. The number of hydrogen-bond acceptors (Lipinski definition) is 4. The average molecular weight is 563 g/mol. The van der Waals surface area contributed by atoms with Crippen LogP contribution < -0.4 is 9.62 Å². The van der Waals surface area contributed by atoms with Crippen molar-refractivity contribution in [2.45, 2.75) is 42.7 Å². The number of amides is 1. The second-order valence-corrected chi connectivity index (χ2v) is 12.1. The molecule has 0 aliphatic heterocycles. The van der Waals surface area contributed by atoms with E-state index in [1.807, 2.05) is 42.1 Å². The number of anilines is 1. The first kappa shape index (κ1) is 26.3. The summed E-state index contributed by atoms with van der Waals surface area (Å²) in [5.41, 5.74) is 3.21. The molecule has 6 rings (SSSR count). The van der Waals surface area contributed by atoms with Crippen LogP contribution in [0.4, 0.5) is 14.5 Å². The molecule has 1 N–H and O–H groups in total. The van der Waals surface area contributed by atoms with Crippen LogP contribution in [0.3, 0.4) is 0 Å². The molecule has 2 aliphatic carbocycles. The molecule has 4 aromatic rings. The Hall–Kier alpha value is -3.89. The van der Waals surface area contributed by atoms with Gasteiger partial charge in [0.05, 0.1) is 11.4 Å². The molecule has 1 fully saturated rings. The van der Waals surface area contributed by atoms with Gasteiger partial charge in [-0.1, -0.05) is 24.3 Å². The number of imidazole rings is 1. The van der Waals surface area contributed by atoms with Crippen molar-refractivity contribution in [1.29, 1.82) is 0 Å². The molecule has 7 nitrogen and oxygen atoms in total. The van der Waals surface area contributed by atoms with Crippen LogP contribution in [0, 0.1) is 17.6 Å². The number of carbonyl (C=O) groups is 1. The van der Waals surface area contributed by atoms with Crippen LogP contribution in [-0.2, 0) is 34.8 Å². The Morgan fingerprint density at radius 1 is 1.07 bits per heavy atom. The predicted octanol–water partition coefficient (Wildman–Crippen LogP) is 5.00. The maximum atomic E-state index is 13.9. The number of nitrogens with zero attached hydrogens (tertiary/aromatic N) is 3. The van der Waals surface area contributed by atoms with Crippen LogP contribution in [0.1, 0.15) is 47.3 Å². The highest BCUT2D eigenvalue weighted by atomic mass is 32.2. The van der Waals surface area contributed by atoms with Crippen LogP contribution >= 0.6 is 0 Å². The van der Waals surface area contributed by atoms with Gasteiger partial charge in [0, 0.05) is 37.1 Å². The average Bonchev–Trinajstić information content (AvgIpc) is 3.50. The van der Waals surface area contributed by atoms with Gasteiger partial charge in [0.15, 0.2) is 0 Å². The normalized spacial score (nSPS) is 19.8. The largest absolute Gasteiger partial charge is 0.337 e. The summed E-state index contributed by atoms with van der Waals surface area (Å²) in [6, 6.07) is 16.4. The molecule has 0 unspecified atom stereocenters. The number of carbonyl (C=O) groups excluding carboxylic acids is 1. The van der Waals surface area contributed by atoms with Crippen LogP contribution in [0.5, 0.6) is 0 Å². The summed E-state index contributed by atoms with van der Waals surface area (Å²) in [7, 11) is -2.11. The first-order valence-electron chi connectivity index (χ1n) is 13.1. The zero-order chi connectivity index (χ0) is 28.0. The monoisotopic (exact) mass is 562 g/mol. The third-order valence-corrected chi connectivity index (χ3v) is 9.26. The minimum Gasteiger partial charge on any atom is -0.337 e. The first-order valence-corrected chi connectivity index (χ1v) is 14.6. The lowest BCUT2D eigenvalue weighted by Crippen LogP contribution is -2.33. The van der Waals surface area contributed by atoms with Gasteiger partial charge in [0.2, 0.25) is 15.9 Å². The molecule has 3 atom stereocenters. The van der Waals surface area contributed by atoms with Gasteiger partial charge in [0.25, 0.3) is 0 Å². The van der Waals surface area contributed by atoms with E-state index < -0.39 is 21.9 Å². The maximum absolute atomic E-state index is 13.9. The predicted molar refractivity (Wildman–Crippen MR) is 146 cm³/mol. The Kier molecular flexibility index (Phi) is 6.75. The number of hydrogen-bond donors (Lipinski definition) is 1. The van der Waals surface area contributed by atoms with Crippen LogP contribution in [0.25, 0.3) is 0 Å². The number of aryl methyl sites for hydroxylation is 2. The second kappa shape index (κ2) is 10.3. The van der Waals surface area contributed by atoms with Crippen LogP contribution in [0.2, 0.25) is 0 Å². The zero-order valence-corrected chi connectivity index (χ0v) is 22.6. The van der Waals surface area contributed by atoms with Crippen molar-refractivity contribution in [1.82, 2.24) is 14.3 Å². The number of halogens is 2. The lowest BCUT2D eigenvalue weighted by Gasteiger charge is -2.25. The van der Waals surface area contributed by atoms with Gasteiger partial charge in [-0.3, -0.25) is 4.79 Å². The lowest BCUT2D eigenvalue weighted by atomic mass is 10.1. The molecule has 2 aliphatic rings. The van der Waals surface area contributed by atoms with Crippen molar-refractivity contribution >= 4 is 21.6 Å². The summed E-state index contributed by atoms with van der Waals surface area (Å²) >= 11 is 0. The molecule has 10 heteroatoms. The highest BCUT2D eigenvalue weighted by Crippen LogP contribution is 2.49. The standard InChI is InChI=1S/C30H28F2N4O3S/c1-35-13-12-33-29(35)18-36(30(37)27-17-25(27)20-4-2-5-21(31)14-20)23-10-8-19-9-11-28(26(19)16-23)34-40(38,39)24-7-3-6-22(32)15-24/h2-8,10,12-16,25,27-28,34H,9,11,17-18H2,1H3/t25-,27+,28+/m1/s1. The van der Waals surface area contributed by atoms with Crippen molar-refractivity contribution in [3.05, 3.63) is 113 Å². The molecule has 1 aromatic heterocycles. The van der Waals surface area contributed by atoms with E-state index in [-0.39, 0.29) is 35.0 Å². The van der Waals surface area contributed by atoms with Crippen LogP contribution in [-0.4, -0.2) is 23.9 Å². The lowest BCUT2D eigenvalue weighted by molar-refractivity contribution is -0.120.